The molecule has 0 aliphatic heterocycles. The molecule has 1 aromatic carbocycles. The van der Waals surface area contributed by atoms with E-state index in [1.54, 1.807) is 7.11 Å². The van der Waals surface area contributed by atoms with E-state index >= 15 is 0 Å². The first-order valence-corrected chi connectivity index (χ1v) is 8.03. The van der Waals surface area contributed by atoms with Crippen LogP contribution >= 0.6 is 0 Å². The zero-order chi connectivity index (χ0) is 19.9. The van der Waals surface area contributed by atoms with Gasteiger partial charge in [0.05, 0.1) is 5.56 Å². The summed E-state index contributed by atoms with van der Waals surface area (Å²) >= 11 is 0. The molecule has 2 amide bonds. The van der Waals surface area contributed by atoms with Crippen LogP contribution in [-0.2, 0) is 10.9 Å². The Morgan fingerprint density at radius 2 is 1.93 bits per heavy atom. The second-order valence-corrected chi connectivity index (χ2v) is 5.56. The molecule has 0 unspecified atom stereocenters. The van der Waals surface area contributed by atoms with Crippen LogP contribution in [0.2, 0.25) is 0 Å². The highest BCUT2D eigenvalue weighted by Crippen LogP contribution is 2.30. The van der Waals surface area contributed by atoms with Gasteiger partial charge < -0.3 is 15.4 Å². The number of amides is 2. The molecule has 0 saturated heterocycles. The van der Waals surface area contributed by atoms with Crippen LogP contribution in [0.25, 0.3) is 0 Å². The molecule has 0 saturated carbocycles. The van der Waals surface area contributed by atoms with Crippen molar-refractivity contribution in [2.24, 2.45) is 0 Å². The standard InChI is InChI=1S/C18H18F3N3O3/c1-27-9-3-7-23-16(25)12-6-8-22-15(10-12)17(26)24-14-5-2-4-13(11-14)18(19,20)21/h2,4-6,8,10-11H,3,7,9H2,1H3,(H,23,25)(H,24,26). The van der Waals surface area contributed by atoms with Crippen LogP contribution in [0, 0.1) is 0 Å². The summed E-state index contributed by atoms with van der Waals surface area (Å²) in [7, 11) is 1.56. The summed E-state index contributed by atoms with van der Waals surface area (Å²) in [6.45, 7) is 0.905. The van der Waals surface area contributed by atoms with E-state index in [1.807, 2.05) is 0 Å². The lowest BCUT2D eigenvalue weighted by molar-refractivity contribution is -0.137. The molecule has 0 bridgehead atoms. The smallest absolute Gasteiger partial charge is 0.385 e. The van der Waals surface area contributed by atoms with E-state index in [4.69, 9.17) is 4.74 Å². The van der Waals surface area contributed by atoms with Crippen LogP contribution in [0.3, 0.4) is 0 Å². The monoisotopic (exact) mass is 381 g/mol. The van der Waals surface area contributed by atoms with Crippen LogP contribution in [0.1, 0.15) is 32.8 Å². The minimum absolute atomic E-state index is 0.0222. The third-order valence-electron chi connectivity index (χ3n) is 3.51. The largest absolute Gasteiger partial charge is 0.416 e. The Labute approximate surface area is 153 Å². The molecule has 0 atom stereocenters. The number of rotatable bonds is 7. The van der Waals surface area contributed by atoms with Crippen molar-refractivity contribution in [1.82, 2.24) is 10.3 Å². The molecule has 2 rings (SSSR count). The number of alkyl halides is 3. The zero-order valence-corrected chi connectivity index (χ0v) is 14.5. The number of anilines is 1. The molecule has 1 aromatic heterocycles. The summed E-state index contributed by atoms with van der Waals surface area (Å²) in [6.07, 6.45) is -2.60. The Morgan fingerprint density at radius 1 is 1.15 bits per heavy atom. The van der Waals surface area contributed by atoms with Crippen molar-refractivity contribution >= 4 is 17.5 Å². The Balaban J connectivity index is 2.06. The molecule has 2 aromatic rings. The van der Waals surface area contributed by atoms with Gasteiger partial charge in [0.1, 0.15) is 5.69 Å². The summed E-state index contributed by atoms with van der Waals surface area (Å²) < 4.78 is 43.1. The van der Waals surface area contributed by atoms with Crippen molar-refractivity contribution in [3.63, 3.8) is 0 Å². The fourth-order valence-corrected chi connectivity index (χ4v) is 2.18. The molecule has 27 heavy (non-hydrogen) atoms. The fraction of sp³-hybridized carbons (Fsp3) is 0.278. The van der Waals surface area contributed by atoms with Gasteiger partial charge in [0, 0.05) is 37.7 Å². The van der Waals surface area contributed by atoms with Gasteiger partial charge >= 0.3 is 6.18 Å². The summed E-state index contributed by atoms with van der Waals surface area (Å²) in [4.78, 5) is 28.2. The van der Waals surface area contributed by atoms with Crippen molar-refractivity contribution in [3.05, 3.63) is 59.4 Å². The van der Waals surface area contributed by atoms with E-state index in [-0.39, 0.29) is 22.9 Å². The third-order valence-corrected chi connectivity index (χ3v) is 3.51. The van der Waals surface area contributed by atoms with Gasteiger partial charge in [-0.2, -0.15) is 13.2 Å². The molecule has 0 spiro atoms. The van der Waals surface area contributed by atoms with E-state index in [2.05, 4.69) is 15.6 Å². The summed E-state index contributed by atoms with van der Waals surface area (Å²) in [5.41, 5.74) is -0.767. The van der Waals surface area contributed by atoms with Gasteiger partial charge in [-0.25, -0.2) is 0 Å². The number of carbonyl (C=O) groups is 2. The van der Waals surface area contributed by atoms with Gasteiger partial charge in [0.25, 0.3) is 11.8 Å². The van der Waals surface area contributed by atoms with Crippen LogP contribution in [0.15, 0.2) is 42.6 Å². The summed E-state index contributed by atoms with van der Waals surface area (Å²) in [6, 6.07) is 6.96. The maximum Gasteiger partial charge on any atom is 0.416 e. The van der Waals surface area contributed by atoms with Gasteiger partial charge in [-0.05, 0) is 36.8 Å². The Morgan fingerprint density at radius 3 is 2.63 bits per heavy atom. The number of halogens is 3. The second-order valence-electron chi connectivity index (χ2n) is 5.56. The molecule has 0 aliphatic rings. The molecule has 144 valence electrons. The number of pyridine rings is 1. The van der Waals surface area contributed by atoms with E-state index in [9.17, 15) is 22.8 Å². The summed E-state index contributed by atoms with van der Waals surface area (Å²) in [5, 5.41) is 5.02. The van der Waals surface area contributed by atoms with Crippen molar-refractivity contribution in [1.29, 1.82) is 0 Å². The van der Waals surface area contributed by atoms with Crippen LogP contribution in [0.5, 0.6) is 0 Å². The highest BCUT2D eigenvalue weighted by molar-refractivity contribution is 6.04. The number of aromatic nitrogens is 1. The van der Waals surface area contributed by atoms with E-state index < -0.39 is 17.6 Å². The third kappa shape index (κ3) is 6.07. The molecule has 0 aliphatic carbocycles. The number of hydrogen-bond donors (Lipinski definition) is 2. The average Bonchev–Trinajstić information content (AvgIpc) is 2.64. The lowest BCUT2D eigenvalue weighted by atomic mass is 10.1. The first-order valence-electron chi connectivity index (χ1n) is 8.03. The number of methoxy groups -OCH3 is 1. The normalized spacial score (nSPS) is 11.1. The predicted molar refractivity (Wildman–Crippen MR) is 92.5 cm³/mol. The quantitative estimate of drug-likeness (QED) is 0.723. The van der Waals surface area contributed by atoms with Crippen LogP contribution in [-0.4, -0.2) is 37.1 Å². The maximum absolute atomic E-state index is 12.7. The highest BCUT2D eigenvalue weighted by atomic mass is 19.4. The van der Waals surface area contributed by atoms with Crippen LogP contribution < -0.4 is 10.6 Å². The van der Waals surface area contributed by atoms with Crippen molar-refractivity contribution < 1.29 is 27.5 Å². The Bertz CT molecular complexity index is 810. The van der Waals surface area contributed by atoms with Gasteiger partial charge in [-0.1, -0.05) is 6.07 Å². The Hall–Kier alpha value is -2.94. The van der Waals surface area contributed by atoms with Crippen molar-refractivity contribution in [2.45, 2.75) is 12.6 Å². The minimum atomic E-state index is -4.51. The van der Waals surface area contributed by atoms with E-state index in [0.29, 0.717) is 19.6 Å². The number of carbonyl (C=O) groups excluding carboxylic acids is 2. The van der Waals surface area contributed by atoms with E-state index in [1.165, 1.54) is 30.5 Å². The lowest BCUT2D eigenvalue weighted by Gasteiger charge is -2.10. The molecular weight excluding hydrogens is 363 g/mol. The fourth-order valence-electron chi connectivity index (χ4n) is 2.18. The number of nitrogens with zero attached hydrogens (tertiary/aromatic N) is 1. The Kier molecular flexibility index (Phi) is 6.89. The molecule has 0 radical (unpaired) electrons. The number of ether oxygens (including phenoxy) is 1. The predicted octanol–water partition coefficient (Wildman–Crippen LogP) is 3.12. The average molecular weight is 381 g/mol. The number of hydrogen-bond acceptors (Lipinski definition) is 4. The maximum atomic E-state index is 12.7. The molecule has 9 heteroatoms. The molecule has 2 N–H and O–H groups in total. The van der Waals surface area contributed by atoms with Gasteiger partial charge in [0.15, 0.2) is 0 Å². The van der Waals surface area contributed by atoms with E-state index in [0.717, 1.165) is 12.1 Å². The van der Waals surface area contributed by atoms with Crippen molar-refractivity contribution in [2.75, 3.05) is 25.6 Å². The topological polar surface area (TPSA) is 80.3 Å². The van der Waals surface area contributed by atoms with Gasteiger partial charge in [0.2, 0.25) is 0 Å². The molecule has 1 heterocycles. The molecular formula is C18H18F3N3O3. The highest BCUT2D eigenvalue weighted by Gasteiger charge is 2.30. The molecule has 0 fully saturated rings. The second kappa shape index (κ2) is 9.13. The SMILES string of the molecule is COCCCNC(=O)c1ccnc(C(=O)Nc2cccc(C(F)(F)F)c2)c1. The number of nitrogens with one attached hydrogen (secondary N) is 2. The van der Waals surface area contributed by atoms with Gasteiger partial charge in [-0.15, -0.1) is 0 Å². The first-order chi connectivity index (χ1) is 12.8. The number of benzene rings is 1. The lowest BCUT2D eigenvalue weighted by Crippen LogP contribution is -2.25. The van der Waals surface area contributed by atoms with Gasteiger partial charge in [-0.3, -0.25) is 14.6 Å². The van der Waals surface area contributed by atoms with Crippen molar-refractivity contribution in [3.8, 4) is 0 Å². The minimum Gasteiger partial charge on any atom is -0.385 e. The molecule has 6 nitrogen and oxygen atoms in total. The van der Waals surface area contributed by atoms with Crippen LogP contribution in [0.4, 0.5) is 18.9 Å². The summed E-state index contributed by atoms with van der Waals surface area (Å²) in [5.74, 6) is -1.11. The zero-order valence-electron chi connectivity index (χ0n) is 14.5. The first kappa shape index (κ1) is 20.4.